The van der Waals surface area contributed by atoms with Gasteiger partial charge in [0.05, 0.1) is 10.9 Å². The SMILES string of the molecule is O=C(CCCN1C(=O)CNC1=O)N1CCN(Cc2ccc(Cl)s2)CC1. The number of nitrogens with zero attached hydrogens (tertiary/aromatic N) is 3. The minimum absolute atomic E-state index is 0.0597. The van der Waals surface area contributed by atoms with Crippen molar-refractivity contribution in [3.05, 3.63) is 21.3 Å². The summed E-state index contributed by atoms with van der Waals surface area (Å²) >= 11 is 7.54. The van der Waals surface area contributed by atoms with Crippen molar-refractivity contribution in [3.8, 4) is 0 Å². The van der Waals surface area contributed by atoms with Crippen LogP contribution in [0.3, 0.4) is 0 Å². The van der Waals surface area contributed by atoms with E-state index in [1.165, 1.54) is 9.78 Å². The summed E-state index contributed by atoms with van der Waals surface area (Å²) in [4.78, 5) is 41.8. The van der Waals surface area contributed by atoms with E-state index in [0.29, 0.717) is 32.5 Å². The maximum Gasteiger partial charge on any atom is 0.324 e. The third-order valence-corrected chi connectivity index (χ3v) is 5.66. The Morgan fingerprint density at radius 3 is 2.56 bits per heavy atom. The molecule has 0 radical (unpaired) electrons. The first-order chi connectivity index (χ1) is 12.0. The van der Waals surface area contributed by atoms with Gasteiger partial charge < -0.3 is 10.2 Å². The number of nitrogens with one attached hydrogen (secondary N) is 1. The highest BCUT2D eigenvalue weighted by molar-refractivity contribution is 7.16. The number of rotatable bonds is 6. The lowest BCUT2D eigenvalue weighted by Crippen LogP contribution is -2.48. The number of urea groups is 1. The number of amides is 4. The summed E-state index contributed by atoms with van der Waals surface area (Å²) in [6.07, 6.45) is 0.865. The number of thiophene rings is 1. The molecule has 2 fully saturated rings. The zero-order chi connectivity index (χ0) is 17.8. The van der Waals surface area contributed by atoms with Gasteiger partial charge in [-0.25, -0.2) is 4.79 Å². The van der Waals surface area contributed by atoms with Gasteiger partial charge in [-0.15, -0.1) is 11.3 Å². The second-order valence-electron chi connectivity index (χ2n) is 6.17. The van der Waals surface area contributed by atoms with Crippen molar-refractivity contribution in [1.29, 1.82) is 0 Å². The van der Waals surface area contributed by atoms with E-state index >= 15 is 0 Å². The summed E-state index contributed by atoms with van der Waals surface area (Å²) in [6, 6.07) is 3.59. The molecule has 0 aromatic carbocycles. The second-order valence-corrected chi connectivity index (χ2v) is 7.97. The Labute approximate surface area is 155 Å². The fraction of sp³-hybridized carbons (Fsp3) is 0.562. The summed E-state index contributed by atoms with van der Waals surface area (Å²) in [5, 5.41) is 2.48. The van der Waals surface area contributed by atoms with E-state index in [-0.39, 0.29) is 24.4 Å². The summed E-state index contributed by atoms with van der Waals surface area (Å²) in [5.74, 6) is -0.134. The van der Waals surface area contributed by atoms with E-state index in [2.05, 4.69) is 10.2 Å². The second kappa shape index (κ2) is 8.16. The Kier molecular flexibility index (Phi) is 5.93. The van der Waals surface area contributed by atoms with Crippen molar-refractivity contribution < 1.29 is 14.4 Å². The quantitative estimate of drug-likeness (QED) is 0.752. The van der Waals surface area contributed by atoms with Gasteiger partial charge in [-0.1, -0.05) is 11.6 Å². The fourth-order valence-electron chi connectivity index (χ4n) is 3.04. The zero-order valence-corrected chi connectivity index (χ0v) is 15.4. The Morgan fingerprint density at radius 2 is 1.96 bits per heavy atom. The molecule has 1 N–H and O–H groups in total. The van der Waals surface area contributed by atoms with Gasteiger partial charge in [-0.05, 0) is 18.6 Å². The number of hydrogen-bond acceptors (Lipinski definition) is 5. The minimum Gasteiger partial charge on any atom is -0.340 e. The molecular formula is C16H21ClN4O3S. The molecule has 9 heteroatoms. The molecule has 0 bridgehead atoms. The van der Waals surface area contributed by atoms with Gasteiger partial charge in [0.25, 0.3) is 0 Å². The molecule has 0 unspecified atom stereocenters. The number of halogens is 1. The van der Waals surface area contributed by atoms with Gasteiger partial charge in [-0.3, -0.25) is 19.4 Å². The standard InChI is InChI=1S/C16H21ClN4O3S/c17-13-4-3-12(25-13)11-19-6-8-20(9-7-19)14(22)2-1-5-21-15(23)10-18-16(21)24/h3-4H,1-2,5-11H2,(H,18,24). The molecule has 1 aromatic heterocycles. The van der Waals surface area contributed by atoms with Crippen LogP contribution in [0, 0.1) is 0 Å². The molecule has 136 valence electrons. The fourth-order valence-corrected chi connectivity index (χ4v) is 4.17. The highest BCUT2D eigenvalue weighted by Gasteiger charge is 2.28. The summed E-state index contributed by atoms with van der Waals surface area (Å²) in [5.41, 5.74) is 0. The zero-order valence-electron chi connectivity index (χ0n) is 13.9. The molecule has 1 aromatic rings. The minimum atomic E-state index is -0.361. The van der Waals surface area contributed by atoms with E-state index in [9.17, 15) is 14.4 Å². The lowest BCUT2D eigenvalue weighted by atomic mass is 10.2. The van der Waals surface area contributed by atoms with Crippen molar-refractivity contribution in [1.82, 2.24) is 20.0 Å². The molecule has 4 amide bonds. The van der Waals surface area contributed by atoms with Gasteiger partial charge in [-0.2, -0.15) is 0 Å². The molecule has 25 heavy (non-hydrogen) atoms. The molecule has 2 aliphatic rings. The summed E-state index contributed by atoms with van der Waals surface area (Å²) < 4.78 is 0.800. The first kappa shape index (κ1) is 18.2. The van der Waals surface area contributed by atoms with E-state index < -0.39 is 0 Å². The van der Waals surface area contributed by atoms with Crippen LogP contribution in [0.4, 0.5) is 4.79 Å². The van der Waals surface area contributed by atoms with Crippen LogP contribution in [0.2, 0.25) is 4.34 Å². The molecule has 7 nitrogen and oxygen atoms in total. The first-order valence-electron chi connectivity index (χ1n) is 8.35. The Bertz CT molecular complexity index is 642. The maximum atomic E-state index is 12.3. The van der Waals surface area contributed by atoms with Crippen LogP contribution in [0.25, 0.3) is 0 Å². The molecule has 3 heterocycles. The molecule has 0 spiro atoms. The van der Waals surface area contributed by atoms with Gasteiger partial charge >= 0.3 is 6.03 Å². The summed E-state index contributed by atoms with van der Waals surface area (Å²) in [6.45, 7) is 4.33. The van der Waals surface area contributed by atoms with E-state index in [0.717, 1.165) is 24.0 Å². The largest absolute Gasteiger partial charge is 0.340 e. The maximum absolute atomic E-state index is 12.3. The number of carbonyl (C=O) groups excluding carboxylic acids is 3. The van der Waals surface area contributed by atoms with Crippen LogP contribution in [0.1, 0.15) is 17.7 Å². The predicted molar refractivity (Wildman–Crippen MR) is 95.5 cm³/mol. The lowest BCUT2D eigenvalue weighted by molar-refractivity contribution is -0.133. The number of imide groups is 1. The van der Waals surface area contributed by atoms with Crippen molar-refractivity contribution in [2.24, 2.45) is 0 Å². The average molecular weight is 385 g/mol. The van der Waals surface area contributed by atoms with E-state index in [1.54, 1.807) is 11.3 Å². The van der Waals surface area contributed by atoms with Crippen molar-refractivity contribution >= 4 is 40.8 Å². The van der Waals surface area contributed by atoms with Crippen molar-refractivity contribution in [3.63, 3.8) is 0 Å². The van der Waals surface area contributed by atoms with Gasteiger partial charge in [0.15, 0.2) is 0 Å². The molecular weight excluding hydrogens is 364 g/mol. The molecule has 0 atom stereocenters. The highest BCUT2D eigenvalue weighted by atomic mass is 35.5. The number of hydrogen-bond donors (Lipinski definition) is 1. The smallest absolute Gasteiger partial charge is 0.324 e. The van der Waals surface area contributed by atoms with Crippen LogP contribution >= 0.6 is 22.9 Å². The normalized spacial score (nSPS) is 18.8. The monoisotopic (exact) mass is 384 g/mol. The third-order valence-electron chi connectivity index (χ3n) is 4.44. The molecule has 2 aliphatic heterocycles. The molecule has 3 rings (SSSR count). The third kappa shape index (κ3) is 4.71. The van der Waals surface area contributed by atoms with E-state index in [4.69, 9.17) is 11.6 Å². The number of carbonyl (C=O) groups is 3. The van der Waals surface area contributed by atoms with Crippen LogP contribution in [-0.2, 0) is 16.1 Å². The highest BCUT2D eigenvalue weighted by Crippen LogP contribution is 2.23. The van der Waals surface area contributed by atoms with Gasteiger partial charge in [0.1, 0.15) is 0 Å². The molecule has 2 saturated heterocycles. The Morgan fingerprint density at radius 1 is 1.20 bits per heavy atom. The van der Waals surface area contributed by atoms with Crippen molar-refractivity contribution in [2.45, 2.75) is 19.4 Å². The van der Waals surface area contributed by atoms with Crippen LogP contribution in [0.5, 0.6) is 0 Å². The molecule has 0 aliphatic carbocycles. The average Bonchev–Trinajstić information content (AvgIpc) is 3.15. The van der Waals surface area contributed by atoms with Gasteiger partial charge in [0, 0.05) is 50.6 Å². The van der Waals surface area contributed by atoms with Crippen molar-refractivity contribution in [2.75, 3.05) is 39.3 Å². The number of piperazine rings is 1. The molecule has 0 saturated carbocycles. The Balaban J connectivity index is 1.36. The van der Waals surface area contributed by atoms with Gasteiger partial charge in [0.2, 0.25) is 11.8 Å². The lowest BCUT2D eigenvalue weighted by Gasteiger charge is -2.34. The van der Waals surface area contributed by atoms with E-state index in [1.807, 2.05) is 17.0 Å². The van der Waals surface area contributed by atoms with Crippen LogP contribution < -0.4 is 5.32 Å². The topological polar surface area (TPSA) is 73.0 Å². The first-order valence-corrected chi connectivity index (χ1v) is 9.55. The van der Waals surface area contributed by atoms with Crippen LogP contribution in [-0.4, -0.2) is 71.8 Å². The Hall–Kier alpha value is -1.64. The summed E-state index contributed by atoms with van der Waals surface area (Å²) in [7, 11) is 0. The van der Waals surface area contributed by atoms with Crippen LogP contribution in [0.15, 0.2) is 12.1 Å². The predicted octanol–water partition coefficient (Wildman–Crippen LogP) is 1.38.